The van der Waals surface area contributed by atoms with Gasteiger partial charge in [-0.1, -0.05) is 53.7 Å². The van der Waals surface area contributed by atoms with E-state index < -0.39 is 0 Å². The largest absolute Gasteiger partial charge is 0.301 e. The van der Waals surface area contributed by atoms with E-state index >= 15 is 0 Å². The Morgan fingerprint density at radius 1 is 1.09 bits per heavy atom. The van der Waals surface area contributed by atoms with E-state index in [1.165, 1.54) is 28.0 Å². The van der Waals surface area contributed by atoms with Crippen molar-refractivity contribution in [1.29, 1.82) is 0 Å². The summed E-state index contributed by atoms with van der Waals surface area (Å²) in [5, 5.41) is 17.1. The Hall–Kier alpha value is -2.01. The third kappa shape index (κ3) is 5.74. The van der Waals surface area contributed by atoms with E-state index in [4.69, 9.17) is 0 Å². The van der Waals surface area contributed by atoms with E-state index in [1.54, 1.807) is 11.3 Å². The van der Waals surface area contributed by atoms with Gasteiger partial charge in [0.25, 0.3) is 0 Å². The summed E-state index contributed by atoms with van der Waals surface area (Å²) >= 11 is 7.99. The highest BCUT2D eigenvalue weighted by molar-refractivity contribution is 9.10. The minimum atomic E-state index is -0.116. The number of thiazole rings is 1. The Bertz CT molecular complexity index is 1240. The van der Waals surface area contributed by atoms with E-state index in [0.29, 0.717) is 11.0 Å². The number of anilines is 1. The number of thiophene rings is 1. The van der Waals surface area contributed by atoms with Crippen LogP contribution in [-0.2, 0) is 4.79 Å². The first kappa shape index (κ1) is 24.1. The standard InChI is InChI=1S/C23H24BrN5OS3/c1-13(2)19-9-16(10-31-19)21-27-28-23(29(21)14(3)4)33-12-20(30)26-22-25-18(11-32-22)15-5-7-17(24)8-6-15/h5-11,13-14H,12H2,1-4H3,(H,25,26,30). The number of nitrogens with one attached hydrogen (secondary N) is 1. The van der Waals surface area contributed by atoms with Gasteiger partial charge in [-0.3, -0.25) is 9.36 Å². The quantitative estimate of drug-likeness (QED) is 0.228. The number of aromatic nitrogens is 4. The molecular weight excluding hydrogens is 538 g/mol. The Morgan fingerprint density at radius 3 is 2.52 bits per heavy atom. The van der Waals surface area contributed by atoms with Crippen LogP contribution in [0, 0.1) is 0 Å². The van der Waals surface area contributed by atoms with Crippen LogP contribution >= 0.6 is 50.4 Å². The summed E-state index contributed by atoms with van der Waals surface area (Å²) in [5.74, 6) is 1.44. The summed E-state index contributed by atoms with van der Waals surface area (Å²) in [5.41, 5.74) is 2.93. The highest BCUT2D eigenvalue weighted by Gasteiger charge is 2.19. The van der Waals surface area contributed by atoms with Gasteiger partial charge in [0.1, 0.15) is 0 Å². The van der Waals surface area contributed by atoms with Gasteiger partial charge in [0.2, 0.25) is 5.91 Å². The smallest absolute Gasteiger partial charge is 0.236 e. The lowest BCUT2D eigenvalue weighted by molar-refractivity contribution is -0.113. The number of carbonyl (C=O) groups excluding carboxylic acids is 1. The monoisotopic (exact) mass is 561 g/mol. The maximum atomic E-state index is 12.6. The summed E-state index contributed by atoms with van der Waals surface area (Å²) in [6, 6.07) is 10.3. The van der Waals surface area contributed by atoms with Crippen molar-refractivity contribution in [2.75, 3.05) is 11.1 Å². The molecule has 3 heterocycles. The number of hydrogen-bond acceptors (Lipinski definition) is 7. The molecule has 0 atom stereocenters. The average Bonchev–Trinajstić information content (AvgIpc) is 3.51. The van der Waals surface area contributed by atoms with Crippen LogP contribution in [0.5, 0.6) is 0 Å². The third-order valence-electron chi connectivity index (χ3n) is 4.85. The predicted octanol–water partition coefficient (Wildman–Crippen LogP) is 7.33. The summed E-state index contributed by atoms with van der Waals surface area (Å²) in [6.07, 6.45) is 0. The zero-order valence-electron chi connectivity index (χ0n) is 18.7. The van der Waals surface area contributed by atoms with Crippen molar-refractivity contribution < 1.29 is 4.79 Å². The first-order valence-corrected chi connectivity index (χ1v) is 14.0. The van der Waals surface area contributed by atoms with Gasteiger partial charge in [-0.15, -0.1) is 32.9 Å². The van der Waals surface area contributed by atoms with Crippen LogP contribution in [0.4, 0.5) is 5.13 Å². The lowest BCUT2D eigenvalue weighted by atomic mass is 10.1. The lowest BCUT2D eigenvalue weighted by Gasteiger charge is -2.13. The number of rotatable bonds is 8. The molecule has 0 aliphatic rings. The SMILES string of the molecule is CC(C)c1cc(-c2nnc(SCC(=O)Nc3nc(-c4ccc(Br)cc4)cs3)n2C(C)C)cs1. The van der Waals surface area contributed by atoms with Gasteiger partial charge in [0, 0.05) is 37.3 Å². The van der Waals surface area contributed by atoms with Gasteiger partial charge in [-0.25, -0.2) is 4.98 Å². The Kier molecular flexibility index (Phi) is 7.68. The number of benzene rings is 1. The van der Waals surface area contributed by atoms with Crippen LogP contribution in [0.15, 0.2) is 50.7 Å². The molecule has 0 saturated carbocycles. The minimum absolute atomic E-state index is 0.116. The molecule has 0 unspecified atom stereocenters. The molecule has 3 aromatic heterocycles. The summed E-state index contributed by atoms with van der Waals surface area (Å²) in [4.78, 5) is 18.4. The molecule has 0 aliphatic carbocycles. The van der Waals surface area contributed by atoms with Crippen molar-refractivity contribution in [2.24, 2.45) is 0 Å². The molecule has 0 aliphatic heterocycles. The van der Waals surface area contributed by atoms with E-state index in [1.807, 2.05) is 29.6 Å². The van der Waals surface area contributed by atoms with Crippen molar-refractivity contribution in [1.82, 2.24) is 19.7 Å². The molecule has 4 rings (SSSR count). The van der Waals surface area contributed by atoms with Crippen LogP contribution < -0.4 is 5.32 Å². The van der Waals surface area contributed by atoms with E-state index in [0.717, 1.165) is 32.3 Å². The fraction of sp³-hybridized carbons (Fsp3) is 0.304. The molecule has 4 aromatic rings. The number of thioether (sulfide) groups is 1. The van der Waals surface area contributed by atoms with Gasteiger partial charge >= 0.3 is 0 Å². The summed E-state index contributed by atoms with van der Waals surface area (Å²) in [7, 11) is 0. The highest BCUT2D eigenvalue weighted by Crippen LogP contribution is 2.33. The van der Waals surface area contributed by atoms with E-state index in [-0.39, 0.29) is 17.7 Å². The lowest BCUT2D eigenvalue weighted by Crippen LogP contribution is -2.15. The maximum absolute atomic E-state index is 12.6. The topological polar surface area (TPSA) is 72.7 Å². The molecule has 1 N–H and O–H groups in total. The second-order valence-corrected chi connectivity index (χ2v) is 11.7. The summed E-state index contributed by atoms with van der Waals surface area (Å²) in [6.45, 7) is 8.58. The predicted molar refractivity (Wildman–Crippen MR) is 142 cm³/mol. The zero-order valence-corrected chi connectivity index (χ0v) is 22.7. The fourth-order valence-corrected chi connectivity index (χ4v) is 5.95. The fourth-order valence-electron chi connectivity index (χ4n) is 3.18. The molecule has 0 fully saturated rings. The number of carbonyl (C=O) groups is 1. The first-order valence-electron chi connectivity index (χ1n) is 10.5. The molecular formula is C23H24BrN5OS3. The molecule has 172 valence electrons. The van der Waals surface area contributed by atoms with Crippen LogP contribution in [0.2, 0.25) is 0 Å². The summed E-state index contributed by atoms with van der Waals surface area (Å²) < 4.78 is 3.11. The van der Waals surface area contributed by atoms with Crippen LogP contribution in [0.3, 0.4) is 0 Å². The van der Waals surface area contributed by atoms with Crippen molar-refractivity contribution in [3.8, 4) is 22.6 Å². The first-order chi connectivity index (χ1) is 15.8. The number of nitrogens with zero attached hydrogens (tertiary/aromatic N) is 4. The van der Waals surface area contributed by atoms with E-state index in [9.17, 15) is 4.79 Å². The highest BCUT2D eigenvalue weighted by atomic mass is 79.9. The van der Waals surface area contributed by atoms with Gasteiger partial charge in [-0.05, 0) is 38.0 Å². The minimum Gasteiger partial charge on any atom is -0.301 e. The Labute approximate surface area is 214 Å². The molecule has 1 aromatic carbocycles. The maximum Gasteiger partial charge on any atom is 0.236 e. The molecule has 0 saturated heterocycles. The molecule has 33 heavy (non-hydrogen) atoms. The second-order valence-electron chi connectivity index (χ2n) is 8.04. The van der Waals surface area contributed by atoms with Crippen molar-refractivity contribution in [3.05, 3.63) is 50.4 Å². The van der Waals surface area contributed by atoms with Crippen LogP contribution in [-0.4, -0.2) is 31.4 Å². The molecule has 0 radical (unpaired) electrons. The molecule has 6 nitrogen and oxygen atoms in total. The molecule has 0 bridgehead atoms. The Balaban J connectivity index is 1.42. The van der Waals surface area contributed by atoms with Crippen LogP contribution in [0.25, 0.3) is 22.6 Å². The van der Waals surface area contributed by atoms with Gasteiger partial charge < -0.3 is 5.32 Å². The number of halogens is 1. The van der Waals surface area contributed by atoms with Crippen LogP contribution in [0.1, 0.15) is 44.5 Å². The number of amides is 1. The van der Waals surface area contributed by atoms with Crippen molar-refractivity contribution in [3.63, 3.8) is 0 Å². The van der Waals surface area contributed by atoms with Gasteiger partial charge in [0.15, 0.2) is 16.1 Å². The molecule has 0 spiro atoms. The number of hydrogen-bond donors (Lipinski definition) is 1. The molecule has 10 heteroatoms. The molecule has 1 amide bonds. The van der Waals surface area contributed by atoms with Crippen molar-refractivity contribution >= 4 is 61.4 Å². The van der Waals surface area contributed by atoms with Crippen molar-refractivity contribution in [2.45, 2.75) is 44.8 Å². The zero-order chi connectivity index (χ0) is 23.5. The Morgan fingerprint density at radius 2 is 1.85 bits per heavy atom. The average molecular weight is 563 g/mol. The normalized spacial score (nSPS) is 11.5. The second kappa shape index (κ2) is 10.5. The van der Waals surface area contributed by atoms with E-state index in [2.05, 4.69) is 80.1 Å². The van der Waals surface area contributed by atoms with Gasteiger partial charge in [-0.2, -0.15) is 0 Å². The van der Waals surface area contributed by atoms with Gasteiger partial charge in [0.05, 0.1) is 11.4 Å². The third-order valence-corrected chi connectivity index (χ3v) is 8.31.